The summed E-state index contributed by atoms with van der Waals surface area (Å²) in [6.07, 6.45) is 0. The van der Waals surface area contributed by atoms with Gasteiger partial charge in [-0.1, -0.05) is 17.7 Å². The lowest BCUT2D eigenvalue weighted by atomic mass is 10.2. The lowest BCUT2D eigenvalue weighted by Gasteiger charge is -1.93. The zero-order valence-electron chi connectivity index (χ0n) is 5.41. The van der Waals surface area contributed by atoms with Gasteiger partial charge in [-0.05, 0) is 17.3 Å². The van der Waals surface area contributed by atoms with Gasteiger partial charge >= 0.3 is 0 Å². The van der Waals surface area contributed by atoms with Gasteiger partial charge in [-0.25, -0.2) is 0 Å². The van der Waals surface area contributed by atoms with E-state index in [4.69, 9.17) is 16.9 Å². The first-order valence-electron chi connectivity index (χ1n) is 2.81. The Bertz CT molecular complexity index is 330. The fourth-order valence-electron chi connectivity index (χ4n) is 0.700. The van der Waals surface area contributed by atoms with E-state index >= 15 is 0 Å². The highest BCUT2D eigenvalue weighted by molar-refractivity contribution is 6.32. The summed E-state index contributed by atoms with van der Waals surface area (Å²) in [5, 5.41) is 11.4. The van der Waals surface area contributed by atoms with Crippen molar-refractivity contribution in [3.8, 4) is 6.07 Å². The Morgan fingerprint density at radius 2 is 2.27 bits per heavy atom. The maximum absolute atomic E-state index is 10.1. The summed E-state index contributed by atoms with van der Waals surface area (Å²) in [6, 6.07) is 6.34. The molecule has 0 aliphatic carbocycles. The first kappa shape index (κ1) is 7.70. The normalized spacial score (nSPS) is 8.73. The minimum Gasteiger partial charge on any atom is -0.192 e. The van der Waals surface area contributed by atoms with Crippen LogP contribution in [0.15, 0.2) is 23.4 Å². The molecular formula is C7H3ClN2O. The number of rotatable bonds is 1. The van der Waals surface area contributed by atoms with Crippen LogP contribution < -0.4 is 0 Å². The van der Waals surface area contributed by atoms with E-state index in [0.29, 0.717) is 0 Å². The Kier molecular flexibility index (Phi) is 2.19. The standard InChI is InChI=1S/C7H3ClN2O/c8-6-2-1-3-7(10-11)5(6)4-9/h1-3H. The smallest absolute Gasteiger partial charge is 0.127 e. The lowest BCUT2D eigenvalue weighted by molar-refractivity contribution is 1.43. The minimum absolute atomic E-state index is 0.0833. The Balaban J connectivity index is 3.38. The molecular weight excluding hydrogens is 164 g/mol. The molecule has 1 aromatic rings. The highest BCUT2D eigenvalue weighted by Crippen LogP contribution is 2.24. The van der Waals surface area contributed by atoms with Crippen molar-refractivity contribution in [3.63, 3.8) is 0 Å². The Morgan fingerprint density at radius 3 is 2.73 bits per heavy atom. The van der Waals surface area contributed by atoms with E-state index in [1.807, 2.05) is 0 Å². The molecule has 0 aromatic heterocycles. The summed E-state index contributed by atoms with van der Waals surface area (Å²) in [6.45, 7) is 0. The van der Waals surface area contributed by atoms with Crippen LogP contribution in [-0.4, -0.2) is 0 Å². The second-order valence-corrected chi connectivity index (χ2v) is 2.24. The van der Waals surface area contributed by atoms with Crippen molar-refractivity contribution in [2.24, 2.45) is 5.18 Å². The number of halogens is 1. The van der Waals surface area contributed by atoms with Gasteiger partial charge in [-0.2, -0.15) is 5.26 Å². The molecule has 0 heterocycles. The van der Waals surface area contributed by atoms with Crippen molar-refractivity contribution in [2.45, 2.75) is 0 Å². The van der Waals surface area contributed by atoms with Crippen molar-refractivity contribution >= 4 is 17.3 Å². The van der Waals surface area contributed by atoms with Crippen LogP contribution in [0.2, 0.25) is 5.02 Å². The molecule has 0 atom stereocenters. The molecule has 0 saturated carbocycles. The van der Waals surface area contributed by atoms with Gasteiger partial charge < -0.3 is 0 Å². The van der Waals surface area contributed by atoms with E-state index in [-0.39, 0.29) is 16.3 Å². The second kappa shape index (κ2) is 3.13. The van der Waals surface area contributed by atoms with E-state index in [2.05, 4.69) is 5.18 Å². The molecule has 0 fully saturated rings. The third-order valence-corrected chi connectivity index (χ3v) is 1.52. The molecule has 0 saturated heterocycles. The maximum atomic E-state index is 10.1. The Hall–Kier alpha value is -1.40. The summed E-state index contributed by atoms with van der Waals surface area (Å²) in [7, 11) is 0. The highest BCUT2D eigenvalue weighted by Gasteiger charge is 2.04. The summed E-state index contributed by atoms with van der Waals surface area (Å²) in [5.74, 6) is 0. The first-order valence-corrected chi connectivity index (χ1v) is 3.19. The molecule has 0 amide bonds. The van der Waals surface area contributed by atoms with Crippen molar-refractivity contribution in [1.82, 2.24) is 0 Å². The van der Waals surface area contributed by atoms with Gasteiger partial charge in [0.25, 0.3) is 0 Å². The molecule has 0 spiro atoms. The van der Waals surface area contributed by atoms with Gasteiger partial charge in [0, 0.05) is 0 Å². The van der Waals surface area contributed by atoms with Crippen molar-refractivity contribution in [1.29, 1.82) is 5.26 Å². The minimum atomic E-state index is 0.0833. The van der Waals surface area contributed by atoms with Crippen LogP contribution in [0.1, 0.15) is 5.56 Å². The number of nitroso groups, excluding NO2 is 1. The molecule has 0 N–H and O–H groups in total. The van der Waals surface area contributed by atoms with Crippen molar-refractivity contribution < 1.29 is 0 Å². The van der Waals surface area contributed by atoms with Gasteiger partial charge in [0.2, 0.25) is 0 Å². The zero-order valence-corrected chi connectivity index (χ0v) is 6.17. The lowest BCUT2D eigenvalue weighted by Crippen LogP contribution is -1.76. The van der Waals surface area contributed by atoms with Gasteiger partial charge in [0.15, 0.2) is 0 Å². The van der Waals surface area contributed by atoms with E-state index in [1.54, 1.807) is 12.1 Å². The van der Waals surface area contributed by atoms with E-state index in [9.17, 15) is 4.91 Å². The molecule has 11 heavy (non-hydrogen) atoms. The Labute approximate surface area is 68.2 Å². The van der Waals surface area contributed by atoms with E-state index in [1.165, 1.54) is 12.1 Å². The molecule has 0 bridgehead atoms. The fourth-order valence-corrected chi connectivity index (χ4v) is 0.911. The monoisotopic (exact) mass is 166 g/mol. The van der Waals surface area contributed by atoms with Crippen LogP contribution in [0.5, 0.6) is 0 Å². The molecule has 0 unspecified atom stereocenters. The number of hydrogen-bond acceptors (Lipinski definition) is 3. The van der Waals surface area contributed by atoms with Gasteiger partial charge in [0.05, 0.1) is 10.6 Å². The molecule has 54 valence electrons. The van der Waals surface area contributed by atoms with Crippen LogP contribution in [0.25, 0.3) is 0 Å². The van der Waals surface area contributed by atoms with Gasteiger partial charge in [0.1, 0.15) is 11.8 Å². The largest absolute Gasteiger partial charge is 0.192 e. The topological polar surface area (TPSA) is 53.2 Å². The van der Waals surface area contributed by atoms with Crippen molar-refractivity contribution in [3.05, 3.63) is 33.7 Å². The third kappa shape index (κ3) is 1.36. The van der Waals surface area contributed by atoms with Crippen molar-refractivity contribution in [2.75, 3.05) is 0 Å². The number of benzene rings is 1. The molecule has 1 aromatic carbocycles. The predicted octanol–water partition coefficient (Wildman–Crippen LogP) is 2.61. The maximum Gasteiger partial charge on any atom is 0.127 e. The number of nitrogens with zero attached hydrogens (tertiary/aromatic N) is 2. The van der Waals surface area contributed by atoms with E-state index < -0.39 is 0 Å². The summed E-state index contributed by atoms with van der Waals surface area (Å²) in [4.78, 5) is 10.1. The van der Waals surface area contributed by atoms with Crippen LogP contribution in [0.3, 0.4) is 0 Å². The highest BCUT2D eigenvalue weighted by atomic mass is 35.5. The van der Waals surface area contributed by atoms with Crippen LogP contribution in [0, 0.1) is 16.2 Å². The number of hydrogen-bond donors (Lipinski definition) is 0. The van der Waals surface area contributed by atoms with Gasteiger partial charge in [-0.3, -0.25) is 0 Å². The molecule has 3 nitrogen and oxygen atoms in total. The average Bonchev–Trinajstić information content (AvgIpc) is 2.04. The van der Waals surface area contributed by atoms with Crippen LogP contribution in [0.4, 0.5) is 5.69 Å². The third-order valence-electron chi connectivity index (χ3n) is 1.20. The summed E-state index contributed by atoms with van der Waals surface area (Å²) in [5.41, 5.74) is 0.212. The molecule has 0 aliphatic heterocycles. The van der Waals surface area contributed by atoms with Crippen LogP contribution in [-0.2, 0) is 0 Å². The molecule has 0 aliphatic rings. The zero-order chi connectivity index (χ0) is 8.27. The van der Waals surface area contributed by atoms with Crippen LogP contribution >= 0.6 is 11.6 Å². The fraction of sp³-hybridized carbons (Fsp3) is 0. The summed E-state index contributed by atoms with van der Waals surface area (Å²) < 4.78 is 0. The SMILES string of the molecule is N#Cc1c(Cl)cccc1N=O. The molecule has 0 radical (unpaired) electrons. The Morgan fingerprint density at radius 1 is 1.55 bits per heavy atom. The quantitative estimate of drug-likeness (QED) is 0.602. The molecule has 1 rings (SSSR count). The summed E-state index contributed by atoms with van der Waals surface area (Å²) >= 11 is 5.59. The second-order valence-electron chi connectivity index (χ2n) is 1.84. The average molecular weight is 167 g/mol. The number of nitriles is 1. The predicted molar refractivity (Wildman–Crippen MR) is 41.6 cm³/mol. The molecule has 4 heteroatoms. The van der Waals surface area contributed by atoms with Gasteiger partial charge in [-0.15, -0.1) is 4.91 Å². The first-order chi connectivity index (χ1) is 5.29. The van der Waals surface area contributed by atoms with E-state index in [0.717, 1.165) is 0 Å².